The molecule has 3 aliphatic heterocycles. The van der Waals surface area contributed by atoms with E-state index in [4.69, 9.17) is 0 Å². The molecule has 7 heteroatoms. The van der Waals surface area contributed by atoms with E-state index in [1.165, 1.54) is 0 Å². The lowest BCUT2D eigenvalue weighted by atomic mass is 9.89. The Morgan fingerprint density at radius 2 is 2.24 bits per heavy atom. The number of fused-ring (bicyclic) bond motifs is 3. The van der Waals surface area contributed by atoms with Crippen molar-refractivity contribution in [3.63, 3.8) is 0 Å². The fourth-order valence-electron chi connectivity index (χ4n) is 4.12. The summed E-state index contributed by atoms with van der Waals surface area (Å²) >= 11 is 0. The first-order valence-corrected chi connectivity index (χ1v) is 7.44. The van der Waals surface area contributed by atoms with Gasteiger partial charge in [-0.3, -0.25) is 14.9 Å². The number of rotatable bonds is 2. The van der Waals surface area contributed by atoms with E-state index in [1.807, 2.05) is 4.90 Å². The van der Waals surface area contributed by atoms with E-state index in [-0.39, 0.29) is 24.0 Å². The summed E-state index contributed by atoms with van der Waals surface area (Å²) in [6.07, 6.45) is 4.57. The monoisotopic (exact) mass is 290 g/mol. The number of nitrogens with one attached hydrogen (secondary N) is 2. The van der Waals surface area contributed by atoms with Gasteiger partial charge in [0, 0.05) is 25.0 Å². The van der Waals surface area contributed by atoms with E-state index in [2.05, 4.69) is 15.3 Å². The number of carboxylic acid groups (broad SMARTS) is 1. The van der Waals surface area contributed by atoms with Crippen LogP contribution >= 0.6 is 0 Å². The normalized spacial score (nSPS) is 34.0. The van der Waals surface area contributed by atoms with Crippen LogP contribution in [0.3, 0.4) is 0 Å². The molecule has 4 rings (SSSR count). The summed E-state index contributed by atoms with van der Waals surface area (Å²) in [4.78, 5) is 33.2. The minimum absolute atomic E-state index is 0.0416. The fraction of sp³-hybridized carbons (Fsp3) is 0.643. The smallest absolute Gasteiger partial charge is 0.308 e. The molecule has 0 aromatic carbocycles. The molecule has 2 bridgehead atoms. The molecule has 1 aromatic heterocycles. The van der Waals surface area contributed by atoms with Crippen LogP contribution in [0.1, 0.15) is 30.7 Å². The Kier molecular flexibility index (Phi) is 2.78. The van der Waals surface area contributed by atoms with Gasteiger partial charge in [-0.25, -0.2) is 4.98 Å². The van der Waals surface area contributed by atoms with Crippen LogP contribution in [-0.2, 0) is 22.6 Å². The zero-order chi connectivity index (χ0) is 14.6. The molecule has 2 saturated heterocycles. The zero-order valence-corrected chi connectivity index (χ0v) is 11.6. The summed E-state index contributed by atoms with van der Waals surface area (Å²) in [5.41, 5.74) is 1.97. The topological polar surface area (TPSA) is 98.3 Å². The lowest BCUT2D eigenvalue weighted by Gasteiger charge is -2.30. The Bertz CT molecular complexity index is 599. The SMILES string of the molecule is O=C(O)C1CC2CCC1N2C(=O)C1Cc2nc[nH]c2CN1. The quantitative estimate of drug-likeness (QED) is 0.706. The molecule has 1 amide bonds. The van der Waals surface area contributed by atoms with Gasteiger partial charge in [0.2, 0.25) is 5.91 Å². The van der Waals surface area contributed by atoms with E-state index < -0.39 is 11.9 Å². The summed E-state index contributed by atoms with van der Waals surface area (Å²) in [6.45, 7) is 0.608. The third-order valence-electron chi connectivity index (χ3n) is 5.14. The largest absolute Gasteiger partial charge is 0.481 e. The minimum Gasteiger partial charge on any atom is -0.481 e. The van der Waals surface area contributed by atoms with Crippen LogP contribution in [0.25, 0.3) is 0 Å². The molecule has 4 heterocycles. The number of aliphatic carboxylic acids is 1. The van der Waals surface area contributed by atoms with Gasteiger partial charge in [-0.15, -0.1) is 0 Å². The molecule has 3 N–H and O–H groups in total. The number of hydrogen-bond donors (Lipinski definition) is 3. The number of amides is 1. The highest BCUT2D eigenvalue weighted by Gasteiger charge is 2.52. The van der Waals surface area contributed by atoms with Crippen LogP contribution in [-0.4, -0.2) is 50.0 Å². The lowest BCUT2D eigenvalue weighted by molar-refractivity contribution is -0.143. The number of H-pyrrole nitrogens is 1. The maximum atomic E-state index is 12.8. The summed E-state index contributed by atoms with van der Waals surface area (Å²) in [5, 5.41) is 12.5. The zero-order valence-electron chi connectivity index (χ0n) is 11.6. The highest BCUT2D eigenvalue weighted by atomic mass is 16.4. The number of imidazole rings is 1. The van der Waals surface area contributed by atoms with Crippen LogP contribution in [0.4, 0.5) is 0 Å². The van der Waals surface area contributed by atoms with Crippen LogP contribution in [0.15, 0.2) is 6.33 Å². The molecule has 0 saturated carbocycles. The second kappa shape index (κ2) is 4.56. The summed E-state index contributed by atoms with van der Waals surface area (Å²) in [7, 11) is 0. The molecule has 7 nitrogen and oxygen atoms in total. The number of carbonyl (C=O) groups excluding carboxylic acids is 1. The van der Waals surface area contributed by atoms with Gasteiger partial charge in [0.05, 0.1) is 29.7 Å². The van der Waals surface area contributed by atoms with Crippen molar-refractivity contribution in [1.82, 2.24) is 20.2 Å². The number of nitrogens with zero attached hydrogens (tertiary/aromatic N) is 2. The summed E-state index contributed by atoms with van der Waals surface area (Å²) in [5.74, 6) is -1.12. The third-order valence-corrected chi connectivity index (χ3v) is 5.14. The average molecular weight is 290 g/mol. The van der Waals surface area contributed by atoms with Gasteiger partial charge in [-0.1, -0.05) is 0 Å². The predicted molar refractivity (Wildman–Crippen MR) is 72.3 cm³/mol. The van der Waals surface area contributed by atoms with E-state index >= 15 is 0 Å². The first-order chi connectivity index (χ1) is 10.1. The highest BCUT2D eigenvalue weighted by Crippen LogP contribution is 2.42. The van der Waals surface area contributed by atoms with Crippen molar-refractivity contribution in [2.24, 2.45) is 5.92 Å². The Morgan fingerprint density at radius 3 is 3.00 bits per heavy atom. The number of carbonyl (C=O) groups is 2. The molecule has 112 valence electrons. The Hall–Kier alpha value is -1.89. The molecule has 21 heavy (non-hydrogen) atoms. The number of hydrogen-bond acceptors (Lipinski definition) is 4. The van der Waals surface area contributed by atoms with Crippen LogP contribution in [0.5, 0.6) is 0 Å². The fourth-order valence-corrected chi connectivity index (χ4v) is 4.12. The second-order valence-electron chi connectivity index (χ2n) is 6.19. The standard InChI is InChI=1S/C14H18N4O3/c19-13(10-4-9-11(5-15-10)17-6-16-9)18-7-1-2-12(18)8(3-7)14(20)21/h6-8,10,12,15H,1-5H2,(H,16,17)(H,20,21). The van der Waals surface area contributed by atoms with Gasteiger partial charge in [0.25, 0.3) is 0 Å². The number of aromatic amines is 1. The Labute approximate surface area is 121 Å². The summed E-state index contributed by atoms with van der Waals surface area (Å²) < 4.78 is 0. The Morgan fingerprint density at radius 1 is 1.38 bits per heavy atom. The molecule has 2 fully saturated rings. The average Bonchev–Trinajstić information content (AvgIpc) is 3.19. The first-order valence-electron chi connectivity index (χ1n) is 7.44. The molecule has 3 aliphatic rings. The molecular formula is C14H18N4O3. The van der Waals surface area contributed by atoms with Gasteiger partial charge < -0.3 is 15.0 Å². The molecule has 4 atom stereocenters. The second-order valence-corrected chi connectivity index (χ2v) is 6.19. The maximum Gasteiger partial charge on any atom is 0.308 e. The van der Waals surface area contributed by atoms with Crippen LogP contribution in [0.2, 0.25) is 0 Å². The van der Waals surface area contributed by atoms with Crippen molar-refractivity contribution >= 4 is 11.9 Å². The lowest BCUT2D eigenvalue weighted by Crippen LogP contribution is -2.51. The van der Waals surface area contributed by atoms with E-state index in [1.54, 1.807) is 6.33 Å². The van der Waals surface area contributed by atoms with Crippen molar-refractivity contribution in [2.75, 3.05) is 0 Å². The molecule has 4 unspecified atom stereocenters. The third kappa shape index (κ3) is 1.87. The van der Waals surface area contributed by atoms with Gasteiger partial charge in [-0.05, 0) is 19.3 Å². The number of aromatic nitrogens is 2. The number of carboxylic acids is 1. The van der Waals surface area contributed by atoms with Gasteiger partial charge >= 0.3 is 5.97 Å². The van der Waals surface area contributed by atoms with Crippen LogP contribution in [0, 0.1) is 5.92 Å². The first kappa shape index (κ1) is 12.8. The maximum absolute atomic E-state index is 12.8. The minimum atomic E-state index is -0.772. The van der Waals surface area contributed by atoms with Gasteiger partial charge in [-0.2, -0.15) is 0 Å². The van der Waals surface area contributed by atoms with Gasteiger partial charge in [0.15, 0.2) is 0 Å². The molecule has 0 radical (unpaired) electrons. The van der Waals surface area contributed by atoms with Crippen molar-refractivity contribution < 1.29 is 14.7 Å². The van der Waals surface area contributed by atoms with Gasteiger partial charge in [0.1, 0.15) is 0 Å². The van der Waals surface area contributed by atoms with Crippen LogP contribution < -0.4 is 5.32 Å². The van der Waals surface area contributed by atoms with Crippen molar-refractivity contribution in [3.8, 4) is 0 Å². The highest BCUT2D eigenvalue weighted by molar-refractivity contribution is 5.85. The molecule has 0 spiro atoms. The van der Waals surface area contributed by atoms with E-state index in [9.17, 15) is 14.7 Å². The van der Waals surface area contributed by atoms with Crippen molar-refractivity contribution in [3.05, 3.63) is 17.7 Å². The molecule has 1 aromatic rings. The predicted octanol–water partition coefficient (Wildman–Crippen LogP) is -0.112. The molecule has 0 aliphatic carbocycles. The summed E-state index contributed by atoms with van der Waals surface area (Å²) in [6, 6.07) is -0.301. The van der Waals surface area contributed by atoms with Crippen molar-refractivity contribution in [1.29, 1.82) is 0 Å². The van der Waals surface area contributed by atoms with Crippen molar-refractivity contribution in [2.45, 2.75) is 50.4 Å². The van der Waals surface area contributed by atoms with E-state index in [0.717, 1.165) is 24.2 Å². The van der Waals surface area contributed by atoms with E-state index in [0.29, 0.717) is 19.4 Å². The Balaban J connectivity index is 1.53. The molecular weight excluding hydrogens is 272 g/mol.